The third-order valence-electron chi connectivity index (χ3n) is 2.80. The molecule has 0 spiro atoms. The van der Waals surface area contributed by atoms with Crippen molar-refractivity contribution in [2.45, 2.75) is 13.5 Å². The number of azo groups is 1. The molecule has 1 aromatic carbocycles. The molecule has 0 saturated heterocycles. The summed E-state index contributed by atoms with van der Waals surface area (Å²) >= 11 is 0. The van der Waals surface area contributed by atoms with Crippen molar-refractivity contribution in [2.24, 2.45) is 10.2 Å². The first-order chi connectivity index (χ1) is 11.0. The van der Waals surface area contributed by atoms with Gasteiger partial charge in [-0.25, -0.2) is 9.59 Å². The standard InChI is InChI=1S/C16H21N3O4/c1-13(17-18-16(21)22-3)11-15(20)23-10-9-19(2)12-14-7-5-4-6-8-14/h4-8,11H,9-10,12H2,1-3H3/b13-11-,18-17?. The van der Waals surface area contributed by atoms with Gasteiger partial charge >= 0.3 is 12.1 Å². The molecule has 0 saturated carbocycles. The molecule has 0 fully saturated rings. The minimum Gasteiger partial charge on any atom is -0.461 e. The Balaban J connectivity index is 2.30. The summed E-state index contributed by atoms with van der Waals surface area (Å²) in [7, 11) is 3.15. The van der Waals surface area contributed by atoms with Crippen LogP contribution in [-0.2, 0) is 20.8 Å². The summed E-state index contributed by atoms with van der Waals surface area (Å²) < 4.78 is 9.38. The summed E-state index contributed by atoms with van der Waals surface area (Å²) in [6.45, 7) is 3.19. The van der Waals surface area contributed by atoms with Gasteiger partial charge in [0.15, 0.2) is 0 Å². The second-order valence-corrected chi connectivity index (χ2v) is 4.85. The Labute approximate surface area is 135 Å². The Morgan fingerprint density at radius 2 is 1.91 bits per heavy atom. The minimum atomic E-state index is -0.825. The van der Waals surface area contributed by atoms with Gasteiger partial charge < -0.3 is 9.47 Å². The van der Waals surface area contributed by atoms with Gasteiger partial charge in [-0.15, -0.1) is 5.11 Å². The Morgan fingerprint density at radius 3 is 2.57 bits per heavy atom. The Bertz CT molecular complexity index is 570. The summed E-state index contributed by atoms with van der Waals surface area (Å²) in [5.41, 5.74) is 1.46. The molecule has 0 aromatic heterocycles. The number of benzene rings is 1. The molecule has 1 aromatic rings. The summed E-state index contributed by atoms with van der Waals surface area (Å²) in [5, 5.41) is 6.76. The van der Waals surface area contributed by atoms with E-state index < -0.39 is 12.1 Å². The number of methoxy groups -OCH3 is 1. The van der Waals surface area contributed by atoms with Crippen molar-refractivity contribution < 1.29 is 19.1 Å². The van der Waals surface area contributed by atoms with Gasteiger partial charge in [-0.2, -0.15) is 0 Å². The molecule has 0 radical (unpaired) electrons. The second-order valence-electron chi connectivity index (χ2n) is 4.85. The van der Waals surface area contributed by atoms with Crippen molar-refractivity contribution in [3.63, 3.8) is 0 Å². The number of allylic oxidation sites excluding steroid dienone is 1. The van der Waals surface area contributed by atoms with Gasteiger partial charge in [-0.05, 0) is 19.5 Å². The molecule has 1 amide bonds. The van der Waals surface area contributed by atoms with Crippen LogP contribution in [0.15, 0.2) is 52.3 Å². The van der Waals surface area contributed by atoms with Crippen LogP contribution in [0.1, 0.15) is 12.5 Å². The molecule has 0 heterocycles. The van der Waals surface area contributed by atoms with Crippen LogP contribution in [0, 0.1) is 0 Å². The first-order valence-corrected chi connectivity index (χ1v) is 7.08. The maximum Gasteiger partial charge on any atom is 0.452 e. The number of ether oxygens (including phenoxy) is 2. The second kappa shape index (κ2) is 10.2. The van der Waals surface area contributed by atoms with Crippen molar-refractivity contribution in [3.05, 3.63) is 47.7 Å². The van der Waals surface area contributed by atoms with Crippen molar-refractivity contribution in [2.75, 3.05) is 27.3 Å². The van der Waals surface area contributed by atoms with Crippen LogP contribution in [0.3, 0.4) is 0 Å². The highest BCUT2D eigenvalue weighted by Gasteiger charge is 2.03. The molecule has 0 N–H and O–H groups in total. The molecule has 0 aliphatic rings. The first-order valence-electron chi connectivity index (χ1n) is 7.08. The highest BCUT2D eigenvalue weighted by atomic mass is 16.5. The lowest BCUT2D eigenvalue weighted by Crippen LogP contribution is -2.23. The van der Waals surface area contributed by atoms with Gasteiger partial charge in [0.05, 0.1) is 12.8 Å². The highest BCUT2D eigenvalue weighted by molar-refractivity contribution is 5.82. The molecule has 0 unspecified atom stereocenters. The van der Waals surface area contributed by atoms with Crippen LogP contribution in [0.2, 0.25) is 0 Å². The Morgan fingerprint density at radius 1 is 1.22 bits per heavy atom. The van der Waals surface area contributed by atoms with E-state index in [1.54, 1.807) is 0 Å². The summed E-state index contributed by atoms with van der Waals surface area (Å²) in [6.07, 6.45) is 0.345. The third kappa shape index (κ3) is 8.47. The van der Waals surface area contributed by atoms with Crippen LogP contribution in [0.25, 0.3) is 0 Å². The molecule has 0 aliphatic carbocycles. The number of carbonyl (C=O) groups excluding carboxylic acids is 2. The quantitative estimate of drug-likeness (QED) is 0.438. The van der Waals surface area contributed by atoms with Gasteiger partial charge in [0, 0.05) is 19.2 Å². The van der Waals surface area contributed by atoms with Gasteiger partial charge in [-0.3, -0.25) is 4.90 Å². The molecule has 7 heteroatoms. The van der Waals surface area contributed by atoms with E-state index in [-0.39, 0.29) is 12.3 Å². The Hall–Kier alpha value is -2.54. The Kier molecular flexibility index (Phi) is 8.23. The van der Waals surface area contributed by atoms with Crippen molar-refractivity contribution in [3.8, 4) is 0 Å². The summed E-state index contributed by atoms with van der Waals surface area (Å²) in [5.74, 6) is -0.528. The van der Waals surface area contributed by atoms with E-state index in [0.29, 0.717) is 6.54 Å². The average Bonchev–Trinajstić information content (AvgIpc) is 2.53. The van der Waals surface area contributed by atoms with E-state index >= 15 is 0 Å². The number of nitrogens with zero attached hydrogens (tertiary/aromatic N) is 3. The fourth-order valence-electron chi connectivity index (χ4n) is 1.68. The van der Waals surface area contributed by atoms with Crippen LogP contribution in [-0.4, -0.2) is 44.3 Å². The van der Waals surface area contributed by atoms with Gasteiger partial charge in [0.25, 0.3) is 0 Å². The summed E-state index contributed by atoms with van der Waals surface area (Å²) in [4.78, 5) is 24.4. The third-order valence-corrected chi connectivity index (χ3v) is 2.80. The zero-order valence-corrected chi connectivity index (χ0v) is 13.6. The van der Waals surface area contributed by atoms with Gasteiger partial charge in [0.1, 0.15) is 6.61 Å². The highest BCUT2D eigenvalue weighted by Crippen LogP contribution is 2.02. The largest absolute Gasteiger partial charge is 0.461 e. The van der Waals surface area contributed by atoms with Gasteiger partial charge in [0.2, 0.25) is 0 Å². The monoisotopic (exact) mass is 319 g/mol. The zero-order valence-electron chi connectivity index (χ0n) is 13.6. The molecule has 7 nitrogen and oxygen atoms in total. The molecule has 0 atom stereocenters. The molecule has 124 valence electrons. The number of carbonyl (C=O) groups is 2. The molecule has 1 rings (SSSR count). The number of hydrogen-bond acceptors (Lipinski definition) is 6. The summed E-state index contributed by atoms with van der Waals surface area (Å²) in [6, 6.07) is 10.0. The van der Waals surface area contributed by atoms with Crippen LogP contribution >= 0.6 is 0 Å². The zero-order chi connectivity index (χ0) is 17.1. The molecular formula is C16H21N3O4. The van der Waals surface area contributed by atoms with Crippen LogP contribution < -0.4 is 0 Å². The van der Waals surface area contributed by atoms with Crippen LogP contribution in [0.4, 0.5) is 4.79 Å². The predicted molar refractivity (Wildman–Crippen MR) is 84.8 cm³/mol. The average molecular weight is 319 g/mol. The normalized spacial score (nSPS) is 11.7. The fourth-order valence-corrected chi connectivity index (χ4v) is 1.68. The van der Waals surface area contributed by atoms with E-state index in [1.807, 2.05) is 37.4 Å². The van der Waals surface area contributed by atoms with E-state index in [0.717, 1.165) is 6.54 Å². The fraction of sp³-hybridized carbons (Fsp3) is 0.375. The maximum absolute atomic E-state index is 11.6. The van der Waals surface area contributed by atoms with Crippen molar-refractivity contribution in [1.29, 1.82) is 0 Å². The number of hydrogen-bond donors (Lipinski definition) is 0. The molecule has 0 bridgehead atoms. The van der Waals surface area contributed by atoms with Crippen LogP contribution in [0.5, 0.6) is 0 Å². The molecular weight excluding hydrogens is 298 g/mol. The first kappa shape index (κ1) is 18.5. The lowest BCUT2D eigenvalue weighted by Gasteiger charge is -2.16. The number of rotatable bonds is 7. The predicted octanol–water partition coefficient (Wildman–Crippen LogP) is 2.78. The lowest BCUT2D eigenvalue weighted by atomic mass is 10.2. The number of likely N-dealkylation sites (N-methyl/N-ethyl adjacent to an activating group) is 1. The maximum atomic E-state index is 11.6. The van der Waals surface area contributed by atoms with E-state index in [1.165, 1.54) is 25.7 Å². The number of esters is 1. The van der Waals surface area contributed by atoms with E-state index in [9.17, 15) is 9.59 Å². The number of amides is 1. The SMILES string of the molecule is COC(=O)N=N/C(C)=C\C(=O)OCCN(C)Cc1ccccc1. The minimum absolute atomic E-state index is 0.262. The van der Waals surface area contributed by atoms with E-state index in [4.69, 9.17) is 4.74 Å². The molecule has 0 aliphatic heterocycles. The molecule has 23 heavy (non-hydrogen) atoms. The van der Waals surface area contributed by atoms with Gasteiger partial charge in [-0.1, -0.05) is 35.4 Å². The van der Waals surface area contributed by atoms with Crippen molar-refractivity contribution in [1.82, 2.24) is 4.90 Å². The lowest BCUT2D eigenvalue weighted by molar-refractivity contribution is -0.138. The van der Waals surface area contributed by atoms with Crippen molar-refractivity contribution >= 4 is 12.1 Å². The topological polar surface area (TPSA) is 80.6 Å². The van der Waals surface area contributed by atoms with E-state index in [2.05, 4.69) is 19.9 Å². The smallest absolute Gasteiger partial charge is 0.452 e.